The van der Waals surface area contributed by atoms with Gasteiger partial charge >= 0.3 is 0 Å². The van der Waals surface area contributed by atoms with Gasteiger partial charge in [-0.05, 0) is 25.5 Å². The lowest BCUT2D eigenvalue weighted by Gasteiger charge is -2.23. The molecule has 3 nitrogen and oxygen atoms in total. The summed E-state index contributed by atoms with van der Waals surface area (Å²) in [7, 11) is 0. The van der Waals surface area contributed by atoms with Crippen molar-refractivity contribution in [3.8, 4) is 0 Å². The lowest BCUT2D eigenvalue weighted by atomic mass is 9.85. The minimum absolute atomic E-state index is 0.185. The zero-order valence-corrected chi connectivity index (χ0v) is 11.5. The van der Waals surface area contributed by atoms with Crippen LogP contribution in [0.2, 0.25) is 0 Å². The number of hydrogen-bond donors (Lipinski definition) is 1. The number of halogens is 1. The van der Waals surface area contributed by atoms with Crippen LogP contribution in [-0.2, 0) is 5.41 Å². The summed E-state index contributed by atoms with van der Waals surface area (Å²) in [6, 6.07) is 8.13. The summed E-state index contributed by atoms with van der Waals surface area (Å²) < 4.78 is 1.08. The SMILES string of the molecule is CC(C)(c1nnc(N)s1)c1ccccc1Br. The molecule has 0 atom stereocenters. The van der Waals surface area contributed by atoms with Crippen molar-refractivity contribution in [1.29, 1.82) is 0 Å². The van der Waals surface area contributed by atoms with Crippen molar-refractivity contribution in [2.45, 2.75) is 19.3 Å². The Labute approximate surface area is 107 Å². The Bertz CT molecular complexity index is 507. The molecular formula is C11H12BrN3S. The van der Waals surface area contributed by atoms with Crippen LogP contribution in [-0.4, -0.2) is 10.2 Å². The molecule has 1 aromatic heterocycles. The van der Waals surface area contributed by atoms with E-state index in [-0.39, 0.29) is 5.41 Å². The molecule has 0 unspecified atom stereocenters. The number of nitrogens with two attached hydrogens (primary N) is 1. The first-order valence-electron chi connectivity index (χ1n) is 4.86. The van der Waals surface area contributed by atoms with Crippen molar-refractivity contribution in [1.82, 2.24) is 10.2 Å². The van der Waals surface area contributed by atoms with E-state index >= 15 is 0 Å². The highest BCUT2D eigenvalue weighted by atomic mass is 79.9. The molecule has 16 heavy (non-hydrogen) atoms. The maximum absolute atomic E-state index is 5.62. The van der Waals surface area contributed by atoms with E-state index in [4.69, 9.17) is 5.73 Å². The quantitative estimate of drug-likeness (QED) is 0.926. The predicted octanol–water partition coefficient (Wildman–Crippen LogP) is 3.21. The van der Waals surface area contributed by atoms with Crippen molar-refractivity contribution in [2.24, 2.45) is 0 Å². The van der Waals surface area contributed by atoms with Gasteiger partial charge in [0.25, 0.3) is 0 Å². The van der Waals surface area contributed by atoms with Crippen molar-refractivity contribution >= 4 is 32.4 Å². The van der Waals surface area contributed by atoms with Crippen molar-refractivity contribution in [3.05, 3.63) is 39.3 Å². The zero-order valence-electron chi connectivity index (χ0n) is 9.07. The molecular weight excluding hydrogens is 286 g/mol. The third kappa shape index (κ3) is 1.97. The predicted molar refractivity (Wildman–Crippen MR) is 70.6 cm³/mol. The van der Waals surface area contributed by atoms with Crippen molar-refractivity contribution < 1.29 is 0 Å². The average Bonchev–Trinajstić information content (AvgIpc) is 2.66. The van der Waals surface area contributed by atoms with Crippen LogP contribution in [0.1, 0.15) is 24.4 Å². The van der Waals surface area contributed by atoms with Gasteiger partial charge in [-0.25, -0.2) is 0 Å². The molecule has 2 rings (SSSR count). The van der Waals surface area contributed by atoms with Gasteiger partial charge in [-0.15, -0.1) is 10.2 Å². The second-order valence-corrected chi connectivity index (χ2v) is 5.91. The third-order valence-electron chi connectivity index (χ3n) is 2.52. The van der Waals surface area contributed by atoms with Gasteiger partial charge in [-0.3, -0.25) is 0 Å². The Hall–Kier alpha value is -0.940. The van der Waals surface area contributed by atoms with Crippen LogP contribution < -0.4 is 5.73 Å². The minimum atomic E-state index is -0.185. The van der Waals surface area contributed by atoms with Crippen LogP contribution >= 0.6 is 27.3 Å². The Morgan fingerprint density at radius 3 is 2.50 bits per heavy atom. The maximum atomic E-state index is 5.62. The van der Waals surface area contributed by atoms with Gasteiger partial charge in [-0.2, -0.15) is 0 Å². The van der Waals surface area contributed by atoms with Gasteiger partial charge in [0.1, 0.15) is 5.01 Å². The smallest absolute Gasteiger partial charge is 0.203 e. The topological polar surface area (TPSA) is 51.8 Å². The molecule has 0 amide bonds. The standard InChI is InChI=1S/C11H12BrN3S/c1-11(2,9-14-15-10(13)16-9)7-5-3-4-6-8(7)12/h3-6H,1-2H3,(H2,13,15). The van der Waals surface area contributed by atoms with Crippen molar-refractivity contribution in [3.63, 3.8) is 0 Å². The Balaban J connectivity index is 2.50. The van der Waals surface area contributed by atoms with Gasteiger partial charge in [0, 0.05) is 9.89 Å². The molecule has 0 saturated carbocycles. The molecule has 0 bridgehead atoms. The van der Waals surface area contributed by atoms with E-state index in [1.807, 2.05) is 18.2 Å². The second-order valence-electron chi connectivity index (χ2n) is 4.05. The van der Waals surface area contributed by atoms with Crippen molar-refractivity contribution in [2.75, 3.05) is 5.73 Å². The van der Waals surface area contributed by atoms with Gasteiger partial charge in [0.2, 0.25) is 5.13 Å². The van der Waals surface area contributed by atoms with E-state index < -0.39 is 0 Å². The largest absolute Gasteiger partial charge is 0.374 e. The molecule has 1 heterocycles. The first kappa shape index (κ1) is 11.5. The minimum Gasteiger partial charge on any atom is -0.374 e. The fourth-order valence-electron chi connectivity index (χ4n) is 1.57. The molecule has 0 aliphatic heterocycles. The summed E-state index contributed by atoms with van der Waals surface area (Å²) in [5.74, 6) is 0. The fraction of sp³-hybridized carbons (Fsp3) is 0.273. The van der Waals surface area contributed by atoms with Crippen LogP contribution in [0.5, 0.6) is 0 Å². The zero-order chi connectivity index (χ0) is 11.8. The van der Waals surface area contributed by atoms with E-state index in [1.165, 1.54) is 16.9 Å². The highest BCUT2D eigenvalue weighted by Gasteiger charge is 2.28. The maximum Gasteiger partial charge on any atom is 0.203 e. The number of nitrogen functional groups attached to an aromatic ring is 1. The molecule has 2 N–H and O–H groups in total. The van der Waals surface area contributed by atoms with E-state index in [9.17, 15) is 0 Å². The van der Waals surface area contributed by atoms with E-state index in [2.05, 4.69) is 46.0 Å². The molecule has 0 saturated heterocycles. The molecule has 0 radical (unpaired) electrons. The van der Waals surface area contributed by atoms with Crippen LogP contribution in [0.25, 0.3) is 0 Å². The molecule has 0 spiro atoms. The Kier molecular flexibility index (Phi) is 2.99. The Morgan fingerprint density at radius 1 is 1.25 bits per heavy atom. The lowest BCUT2D eigenvalue weighted by molar-refractivity contribution is 0.623. The number of benzene rings is 1. The number of nitrogens with zero attached hydrogens (tertiary/aromatic N) is 2. The fourth-order valence-corrected chi connectivity index (χ4v) is 3.08. The van der Waals surface area contributed by atoms with Crippen LogP contribution in [0.15, 0.2) is 28.7 Å². The molecule has 1 aromatic carbocycles. The highest BCUT2D eigenvalue weighted by molar-refractivity contribution is 9.10. The molecule has 0 fully saturated rings. The third-order valence-corrected chi connectivity index (χ3v) is 4.29. The molecule has 0 aliphatic rings. The van der Waals surface area contributed by atoms with E-state index in [0.29, 0.717) is 5.13 Å². The highest BCUT2D eigenvalue weighted by Crippen LogP contribution is 2.37. The first-order chi connectivity index (χ1) is 7.51. The number of hydrogen-bond acceptors (Lipinski definition) is 4. The summed E-state index contributed by atoms with van der Waals surface area (Å²) in [4.78, 5) is 0. The number of aromatic nitrogens is 2. The molecule has 2 aromatic rings. The van der Waals surface area contributed by atoms with Gasteiger partial charge < -0.3 is 5.73 Å². The summed E-state index contributed by atoms with van der Waals surface area (Å²) in [5, 5.41) is 9.43. The lowest BCUT2D eigenvalue weighted by Crippen LogP contribution is -2.19. The summed E-state index contributed by atoms with van der Waals surface area (Å²) in [6.45, 7) is 4.24. The van der Waals surface area contributed by atoms with Crippen LogP contribution in [0.4, 0.5) is 5.13 Å². The van der Waals surface area contributed by atoms with Gasteiger partial charge in [0.05, 0.1) is 0 Å². The molecule has 84 valence electrons. The van der Waals surface area contributed by atoms with Crippen LogP contribution in [0.3, 0.4) is 0 Å². The van der Waals surface area contributed by atoms with Crippen LogP contribution in [0, 0.1) is 0 Å². The monoisotopic (exact) mass is 297 g/mol. The summed E-state index contributed by atoms with van der Waals surface area (Å²) in [5.41, 5.74) is 6.63. The normalized spacial score (nSPS) is 11.7. The summed E-state index contributed by atoms with van der Waals surface area (Å²) >= 11 is 4.99. The molecule has 0 aliphatic carbocycles. The van der Waals surface area contributed by atoms with E-state index in [0.717, 1.165) is 9.48 Å². The second kappa shape index (κ2) is 4.14. The van der Waals surface area contributed by atoms with E-state index in [1.54, 1.807) is 0 Å². The van der Waals surface area contributed by atoms with Gasteiger partial charge in [0.15, 0.2) is 0 Å². The first-order valence-corrected chi connectivity index (χ1v) is 6.47. The Morgan fingerprint density at radius 2 is 1.94 bits per heavy atom. The number of anilines is 1. The average molecular weight is 298 g/mol. The van der Waals surface area contributed by atoms with Gasteiger partial charge in [-0.1, -0.05) is 45.5 Å². The molecule has 5 heteroatoms. The number of rotatable bonds is 2. The summed E-state index contributed by atoms with van der Waals surface area (Å²) in [6.07, 6.45) is 0.